The number of carbonyl (C=O) groups excluding carboxylic acids is 1. The van der Waals surface area contributed by atoms with Crippen molar-refractivity contribution in [3.8, 4) is 5.75 Å². The summed E-state index contributed by atoms with van der Waals surface area (Å²) in [4.78, 5) is 20.3. The fraction of sp³-hybridized carbons (Fsp3) is 0.391. The first kappa shape index (κ1) is 24.8. The monoisotopic (exact) mass is 537 g/mol. The summed E-state index contributed by atoms with van der Waals surface area (Å²) in [6, 6.07) is 16.2. The number of ether oxygens (including phenoxy) is 1. The molecule has 1 aliphatic rings. The van der Waals surface area contributed by atoms with Gasteiger partial charge in [0, 0.05) is 58.1 Å². The third-order valence-electron chi connectivity index (χ3n) is 5.20. The van der Waals surface area contributed by atoms with Crippen LogP contribution in [0.3, 0.4) is 0 Å². The van der Waals surface area contributed by atoms with Crippen molar-refractivity contribution < 1.29 is 9.53 Å². The van der Waals surface area contributed by atoms with Gasteiger partial charge in [0.1, 0.15) is 5.75 Å². The van der Waals surface area contributed by atoms with Crippen molar-refractivity contribution in [1.29, 1.82) is 0 Å². The lowest BCUT2D eigenvalue weighted by atomic mass is 10.1. The van der Waals surface area contributed by atoms with Crippen molar-refractivity contribution in [2.24, 2.45) is 4.99 Å². The van der Waals surface area contributed by atoms with Crippen LogP contribution in [0.1, 0.15) is 12.5 Å². The summed E-state index contributed by atoms with van der Waals surface area (Å²) in [5, 5.41) is 6.26. The molecule has 0 saturated carbocycles. The number of nitrogens with one attached hydrogen (secondary N) is 2. The zero-order valence-corrected chi connectivity index (χ0v) is 20.8. The largest absolute Gasteiger partial charge is 0.497 e. The summed E-state index contributed by atoms with van der Waals surface area (Å²) in [5.41, 5.74) is 3.27. The molecular formula is C23H32IN5O2. The number of nitrogens with zero attached hydrogens (tertiary/aromatic N) is 3. The Hall–Kier alpha value is -2.49. The molecule has 1 amide bonds. The van der Waals surface area contributed by atoms with E-state index in [2.05, 4.69) is 37.6 Å². The Bertz CT molecular complexity index is 847. The number of halogens is 1. The van der Waals surface area contributed by atoms with Crippen molar-refractivity contribution in [1.82, 2.24) is 10.2 Å². The Kier molecular flexibility index (Phi) is 9.90. The van der Waals surface area contributed by atoms with Gasteiger partial charge in [-0.25, -0.2) is 0 Å². The van der Waals surface area contributed by atoms with Gasteiger partial charge in [-0.05, 0) is 48.4 Å². The summed E-state index contributed by atoms with van der Waals surface area (Å²) in [7, 11) is 3.52. The number of rotatable bonds is 6. The SMILES string of the molecule is CN=C(NCCc1ccc(NC(C)=O)cc1)N1CCN(c2ccc(OC)cc2)CC1.I. The Morgan fingerprint density at radius 1 is 1.03 bits per heavy atom. The van der Waals surface area contributed by atoms with Crippen molar-refractivity contribution in [3.05, 3.63) is 54.1 Å². The number of hydrogen-bond acceptors (Lipinski definition) is 4. The van der Waals surface area contributed by atoms with Gasteiger partial charge < -0.3 is 25.2 Å². The van der Waals surface area contributed by atoms with E-state index >= 15 is 0 Å². The molecule has 2 N–H and O–H groups in total. The quantitative estimate of drug-likeness (QED) is 0.337. The van der Waals surface area contributed by atoms with Gasteiger partial charge in [-0.15, -0.1) is 24.0 Å². The first-order chi connectivity index (χ1) is 14.6. The van der Waals surface area contributed by atoms with Gasteiger partial charge in [0.25, 0.3) is 0 Å². The highest BCUT2D eigenvalue weighted by molar-refractivity contribution is 14.0. The van der Waals surface area contributed by atoms with E-state index in [9.17, 15) is 4.79 Å². The smallest absolute Gasteiger partial charge is 0.221 e. The molecule has 1 aliphatic heterocycles. The van der Waals surface area contributed by atoms with E-state index in [1.54, 1.807) is 7.11 Å². The Morgan fingerprint density at radius 3 is 2.23 bits per heavy atom. The van der Waals surface area contributed by atoms with Crippen LogP contribution >= 0.6 is 24.0 Å². The van der Waals surface area contributed by atoms with E-state index in [1.165, 1.54) is 18.2 Å². The second kappa shape index (κ2) is 12.4. The zero-order valence-electron chi connectivity index (χ0n) is 18.4. The number of benzene rings is 2. The van der Waals surface area contributed by atoms with Gasteiger partial charge in [0.2, 0.25) is 5.91 Å². The zero-order chi connectivity index (χ0) is 21.3. The van der Waals surface area contributed by atoms with Crippen LogP contribution in [0.2, 0.25) is 0 Å². The molecule has 1 fully saturated rings. The first-order valence-corrected chi connectivity index (χ1v) is 10.3. The number of piperazine rings is 1. The van der Waals surface area contributed by atoms with Crippen molar-refractivity contribution in [2.75, 3.05) is 57.1 Å². The number of guanidine groups is 1. The van der Waals surface area contributed by atoms with Gasteiger partial charge in [-0.1, -0.05) is 12.1 Å². The van der Waals surface area contributed by atoms with Crippen LogP contribution in [-0.4, -0.2) is 63.6 Å². The maximum absolute atomic E-state index is 11.1. The predicted molar refractivity (Wildman–Crippen MR) is 138 cm³/mol. The third kappa shape index (κ3) is 7.30. The van der Waals surface area contributed by atoms with E-state index in [-0.39, 0.29) is 29.9 Å². The second-order valence-electron chi connectivity index (χ2n) is 7.27. The molecule has 0 aromatic heterocycles. The standard InChI is InChI=1S/C23H31N5O2.HI/c1-18(29)26-20-6-4-19(5-7-20)12-13-25-23(24-2)28-16-14-27(15-17-28)21-8-10-22(30-3)11-9-21;/h4-11H,12-17H2,1-3H3,(H,24,25)(H,26,29);1H. The molecule has 7 nitrogen and oxygen atoms in total. The molecule has 3 rings (SSSR count). The molecule has 2 aromatic rings. The van der Waals surface area contributed by atoms with Crippen LogP contribution in [0.4, 0.5) is 11.4 Å². The maximum Gasteiger partial charge on any atom is 0.221 e. The third-order valence-corrected chi connectivity index (χ3v) is 5.20. The van der Waals surface area contributed by atoms with Gasteiger partial charge in [0.05, 0.1) is 7.11 Å². The minimum Gasteiger partial charge on any atom is -0.497 e. The van der Waals surface area contributed by atoms with Gasteiger partial charge >= 0.3 is 0 Å². The highest BCUT2D eigenvalue weighted by Crippen LogP contribution is 2.20. The number of hydrogen-bond donors (Lipinski definition) is 2. The maximum atomic E-state index is 11.1. The van der Waals surface area contributed by atoms with Crippen molar-refractivity contribution in [2.45, 2.75) is 13.3 Å². The van der Waals surface area contributed by atoms with E-state index < -0.39 is 0 Å². The van der Waals surface area contributed by atoms with Crippen LogP contribution in [-0.2, 0) is 11.2 Å². The summed E-state index contributed by atoms with van der Waals surface area (Å²) in [6.45, 7) is 6.09. The number of anilines is 2. The Morgan fingerprint density at radius 2 is 1.68 bits per heavy atom. The van der Waals surface area contributed by atoms with E-state index in [0.717, 1.165) is 56.5 Å². The minimum absolute atomic E-state index is 0. The average molecular weight is 537 g/mol. The molecule has 0 aliphatic carbocycles. The number of methoxy groups -OCH3 is 1. The first-order valence-electron chi connectivity index (χ1n) is 10.3. The topological polar surface area (TPSA) is 69.2 Å². The van der Waals surface area contributed by atoms with Crippen LogP contribution in [0.5, 0.6) is 5.75 Å². The van der Waals surface area contributed by atoms with E-state index in [1.807, 2.05) is 43.4 Å². The van der Waals surface area contributed by atoms with E-state index in [0.29, 0.717) is 0 Å². The summed E-state index contributed by atoms with van der Waals surface area (Å²) >= 11 is 0. The van der Waals surface area contributed by atoms with Crippen molar-refractivity contribution >= 4 is 47.2 Å². The molecule has 0 atom stereocenters. The lowest BCUT2D eigenvalue weighted by Crippen LogP contribution is -2.52. The van der Waals surface area contributed by atoms with Crippen molar-refractivity contribution in [3.63, 3.8) is 0 Å². The molecule has 1 heterocycles. The van der Waals surface area contributed by atoms with Crippen LogP contribution < -0.4 is 20.3 Å². The van der Waals surface area contributed by atoms with E-state index in [4.69, 9.17) is 4.74 Å². The summed E-state index contributed by atoms with van der Waals surface area (Å²) in [6.07, 6.45) is 0.894. The predicted octanol–water partition coefficient (Wildman–Crippen LogP) is 3.21. The number of amides is 1. The molecule has 2 aromatic carbocycles. The van der Waals surface area contributed by atoms with Gasteiger partial charge in [-0.2, -0.15) is 0 Å². The lowest BCUT2D eigenvalue weighted by molar-refractivity contribution is -0.114. The molecule has 168 valence electrons. The molecule has 1 saturated heterocycles. The Labute approximate surface area is 201 Å². The van der Waals surface area contributed by atoms with Crippen LogP contribution in [0, 0.1) is 0 Å². The molecule has 8 heteroatoms. The van der Waals surface area contributed by atoms with Crippen LogP contribution in [0.15, 0.2) is 53.5 Å². The normalized spacial score (nSPS) is 14.0. The molecule has 31 heavy (non-hydrogen) atoms. The molecule has 0 spiro atoms. The summed E-state index contributed by atoms with van der Waals surface area (Å²) < 4.78 is 5.24. The van der Waals surface area contributed by atoms with Gasteiger partial charge in [0.15, 0.2) is 5.96 Å². The van der Waals surface area contributed by atoms with Crippen LogP contribution in [0.25, 0.3) is 0 Å². The molecule has 0 unspecified atom stereocenters. The number of carbonyl (C=O) groups is 1. The Balaban J connectivity index is 0.00000341. The highest BCUT2D eigenvalue weighted by Gasteiger charge is 2.19. The minimum atomic E-state index is -0.0553. The van der Waals surface area contributed by atoms with Gasteiger partial charge in [-0.3, -0.25) is 9.79 Å². The molecular weight excluding hydrogens is 505 g/mol. The molecule has 0 radical (unpaired) electrons. The second-order valence-corrected chi connectivity index (χ2v) is 7.27. The fourth-order valence-corrected chi connectivity index (χ4v) is 3.58. The fourth-order valence-electron chi connectivity index (χ4n) is 3.58. The number of aliphatic imine (C=N–C) groups is 1. The summed E-state index contributed by atoms with van der Waals surface area (Å²) in [5.74, 6) is 1.77. The average Bonchev–Trinajstić information content (AvgIpc) is 2.78. The molecule has 0 bridgehead atoms. The highest BCUT2D eigenvalue weighted by atomic mass is 127. The lowest BCUT2D eigenvalue weighted by Gasteiger charge is -2.37.